The Balaban J connectivity index is 1.48. The minimum Gasteiger partial charge on any atom is -0.341 e. The molecular weight excluding hydrogens is 403 g/mol. The van der Waals surface area contributed by atoms with Crippen molar-refractivity contribution in [2.45, 2.75) is 48.9 Å². The van der Waals surface area contributed by atoms with Crippen molar-refractivity contribution in [2.75, 3.05) is 31.5 Å². The lowest BCUT2D eigenvalue weighted by Gasteiger charge is -2.23. The van der Waals surface area contributed by atoms with Crippen molar-refractivity contribution in [2.24, 2.45) is 5.92 Å². The molecule has 1 aromatic carbocycles. The van der Waals surface area contributed by atoms with Crippen LogP contribution in [0.25, 0.3) is 0 Å². The van der Waals surface area contributed by atoms with Gasteiger partial charge in [-0.2, -0.15) is 13.2 Å². The Labute approximate surface area is 173 Å². The summed E-state index contributed by atoms with van der Waals surface area (Å²) in [5, 5.41) is 2.73. The monoisotopic (exact) mass is 429 g/mol. The molecular formula is C20H26F3N3O2S. The van der Waals surface area contributed by atoms with Crippen LogP contribution in [0.15, 0.2) is 29.2 Å². The fourth-order valence-electron chi connectivity index (χ4n) is 3.90. The molecule has 2 fully saturated rings. The standard InChI is InChI=1S/C20H26F3N3O2S/c21-20(22,23)29-17-8-6-16(7-9-17)24-19(28)26-11-3-10-25(12-13-26)18(27)14-15-4-1-2-5-15/h6-9,15H,1-5,10-14H2,(H,24,28). The number of hydrogen-bond acceptors (Lipinski definition) is 3. The Hall–Kier alpha value is -1.90. The van der Waals surface area contributed by atoms with Crippen LogP contribution in [-0.4, -0.2) is 53.4 Å². The minimum atomic E-state index is -4.34. The number of nitrogens with one attached hydrogen (secondary N) is 1. The first-order chi connectivity index (χ1) is 13.8. The topological polar surface area (TPSA) is 52.7 Å². The summed E-state index contributed by atoms with van der Waals surface area (Å²) in [6, 6.07) is 5.29. The van der Waals surface area contributed by atoms with E-state index in [0.29, 0.717) is 50.6 Å². The molecule has 5 nitrogen and oxygen atoms in total. The molecule has 1 aromatic rings. The third-order valence-corrected chi connectivity index (χ3v) is 6.15. The summed E-state index contributed by atoms with van der Waals surface area (Å²) in [5.41, 5.74) is -3.89. The molecule has 3 amide bonds. The number of urea groups is 1. The number of anilines is 1. The van der Waals surface area contributed by atoms with Gasteiger partial charge in [0, 0.05) is 43.2 Å². The average Bonchev–Trinajstić information content (AvgIpc) is 3.03. The van der Waals surface area contributed by atoms with E-state index >= 15 is 0 Å². The molecule has 1 aliphatic carbocycles. The number of alkyl halides is 3. The Morgan fingerprint density at radius 3 is 2.24 bits per heavy atom. The number of rotatable bonds is 4. The summed E-state index contributed by atoms with van der Waals surface area (Å²) in [5.74, 6) is 0.681. The van der Waals surface area contributed by atoms with Crippen LogP contribution < -0.4 is 5.32 Å². The van der Waals surface area contributed by atoms with Crippen molar-refractivity contribution in [3.63, 3.8) is 0 Å². The summed E-state index contributed by atoms with van der Waals surface area (Å²) >= 11 is -0.187. The van der Waals surface area contributed by atoms with E-state index in [1.807, 2.05) is 4.90 Å². The Morgan fingerprint density at radius 2 is 1.59 bits per heavy atom. The van der Waals surface area contributed by atoms with Gasteiger partial charge < -0.3 is 15.1 Å². The van der Waals surface area contributed by atoms with E-state index in [0.717, 1.165) is 12.8 Å². The van der Waals surface area contributed by atoms with Crippen molar-refractivity contribution < 1.29 is 22.8 Å². The summed E-state index contributed by atoms with van der Waals surface area (Å²) in [4.78, 5) is 28.6. The number of carbonyl (C=O) groups excluding carboxylic acids is 2. The predicted molar refractivity (Wildman–Crippen MR) is 107 cm³/mol. The fraction of sp³-hybridized carbons (Fsp3) is 0.600. The van der Waals surface area contributed by atoms with E-state index in [4.69, 9.17) is 0 Å². The molecule has 9 heteroatoms. The van der Waals surface area contributed by atoms with E-state index in [1.165, 1.54) is 37.1 Å². The molecule has 0 radical (unpaired) electrons. The first-order valence-corrected chi connectivity index (χ1v) is 10.8. The zero-order chi connectivity index (χ0) is 20.9. The molecule has 0 spiro atoms. The zero-order valence-electron chi connectivity index (χ0n) is 16.2. The van der Waals surface area contributed by atoms with Gasteiger partial charge in [-0.25, -0.2) is 4.79 Å². The predicted octanol–water partition coefficient (Wildman–Crippen LogP) is 4.95. The molecule has 1 N–H and O–H groups in total. The third kappa shape index (κ3) is 6.83. The minimum absolute atomic E-state index is 0.0710. The second-order valence-corrected chi connectivity index (χ2v) is 8.72. The summed E-state index contributed by atoms with van der Waals surface area (Å²) in [6.07, 6.45) is 6.01. The number of hydrogen-bond donors (Lipinski definition) is 1. The highest BCUT2D eigenvalue weighted by Gasteiger charge is 2.29. The molecule has 1 saturated carbocycles. The Bertz CT molecular complexity index is 706. The maximum Gasteiger partial charge on any atom is 0.446 e. The largest absolute Gasteiger partial charge is 0.446 e. The Kier molecular flexibility index (Phi) is 7.32. The average molecular weight is 430 g/mol. The molecule has 3 rings (SSSR count). The second kappa shape index (κ2) is 9.73. The van der Waals surface area contributed by atoms with E-state index < -0.39 is 5.51 Å². The van der Waals surface area contributed by atoms with Crippen molar-refractivity contribution in [1.82, 2.24) is 9.80 Å². The molecule has 1 saturated heterocycles. The number of thioether (sulfide) groups is 1. The highest BCUT2D eigenvalue weighted by Crippen LogP contribution is 2.37. The van der Waals surface area contributed by atoms with Gasteiger partial charge in [0.1, 0.15) is 0 Å². The molecule has 0 unspecified atom stereocenters. The smallest absolute Gasteiger partial charge is 0.341 e. The third-order valence-electron chi connectivity index (χ3n) is 5.41. The highest BCUT2D eigenvalue weighted by molar-refractivity contribution is 8.00. The summed E-state index contributed by atoms with van der Waals surface area (Å²) < 4.78 is 37.2. The van der Waals surface area contributed by atoms with Crippen molar-refractivity contribution in [3.05, 3.63) is 24.3 Å². The van der Waals surface area contributed by atoms with Crippen LogP contribution >= 0.6 is 11.8 Å². The first kappa shape index (κ1) is 21.8. The van der Waals surface area contributed by atoms with Crippen LogP contribution in [0.2, 0.25) is 0 Å². The van der Waals surface area contributed by atoms with Gasteiger partial charge in [0.05, 0.1) is 0 Å². The van der Waals surface area contributed by atoms with E-state index in [2.05, 4.69) is 5.32 Å². The van der Waals surface area contributed by atoms with E-state index in [9.17, 15) is 22.8 Å². The van der Waals surface area contributed by atoms with Gasteiger partial charge in [-0.1, -0.05) is 12.8 Å². The van der Waals surface area contributed by atoms with Crippen LogP contribution in [0.1, 0.15) is 38.5 Å². The van der Waals surface area contributed by atoms with Gasteiger partial charge in [-0.15, -0.1) is 0 Å². The van der Waals surface area contributed by atoms with Gasteiger partial charge >= 0.3 is 11.5 Å². The highest BCUT2D eigenvalue weighted by atomic mass is 32.2. The van der Waals surface area contributed by atoms with Crippen molar-refractivity contribution >= 4 is 29.4 Å². The normalized spacial score (nSPS) is 18.6. The van der Waals surface area contributed by atoms with Crippen molar-refractivity contribution in [1.29, 1.82) is 0 Å². The van der Waals surface area contributed by atoms with Gasteiger partial charge in [0.15, 0.2) is 0 Å². The second-order valence-electron chi connectivity index (χ2n) is 7.58. The zero-order valence-corrected chi connectivity index (χ0v) is 17.0. The first-order valence-electron chi connectivity index (χ1n) is 10.00. The number of halogens is 3. The van der Waals surface area contributed by atoms with Crippen LogP contribution in [0.4, 0.5) is 23.7 Å². The number of carbonyl (C=O) groups is 2. The molecule has 2 aliphatic rings. The van der Waals surface area contributed by atoms with Gasteiger partial charge in [0.2, 0.25) is 5.91 Å². The number of amides is 3. The summed E-state index contributed by atoms with van der Waals surface area (Å²) in [6.45, 7) is 2.16. The van der Waals surface area contributed by atoms with Crippen LogP contribution in [-0.2, 0) is 4.79 Å². The Morgan fingerprint density at radius 1 is 0.966 bits per heavy atom. The lowest BCUT2D eigenvalue weighted by Crippen LogP contribution is -2.39. The SMILES string of the molecule is O=C(CC1CCCC1)N1CCCN(C(=O)Nc2ccc(SC(F)(F)F)cc2)CC1. The van der Waals surface area contributed by atoms with Crippen LogP contribution in [0, 0.1) is 5.92 Å². The molecule has 1 aliphatic heterocycles. The number of nitrogens with zero attached hydrogens (tertiary/aromatic N) is 2. The molecule has 0 bridgehead atoms. The quantitative estimate of drug-likeness (QED) is 0.690. The molecule has 29 heavy (non-hydrogen) atoms. The van der Waals surface area contributed by atoms with E-state index in [1.54, 1.807) is 4.90 Å². The van der Waals surface area contributed by atoms with Gasteiger partial charge in [0.25, 0.3) is 0 Å². The maximum atomic E-state index is 12.5. The van der Waals surface area contributed by atoms with E-state index in [-0.39, 0.29) is 28.6 Å². The van der Waals surface area contributed by atoms with Crippen LogP contribution in [0.3, 0.4) is 0 Å². The maximum absolute atomic E-state index is 12.5. The summed E-state index contributed by atoms with van der Waals surface area (Å²) in [7, 11) is 0. The fourth-order valence-corrected chi connectivity index (χ4v) is 4.44. The molecule has 0 atom stereocenters. The van der Waals surface area contributed by atoms with Crippen molar-refractivity contribution in [3.8, 4) is 0 Å². The van der Waals surface area contributed by atoms with Gasteiger partial charge in [-0.05, 0) is 61.2 Å². The lowest BCUT2D eigenvalue weighted by molar-refractivity contribution is -0.132. The molecule has 160 valence electrons. The lowest BCUT2D eigenvalue weighted by atomic mass is 10.0. The van der Waals surface area contributed by atoms with Crippen LogP contribution in [0.5, 0.6) is 0 Å². The molecule has 0 aromatic heterocycles. The van der Waals surface area contributed by atoms with Gasteiger partial charge in [-0.3, -0.25) is 4.79 Å². The molecule has 1 heterocycles. The number of benzene rings is 1.